The topological polar surface area (TPSA) is 79.8 Å². The van der Waals surface area contributed by atoms with E-state index in [0.717, 1.165) is 31.2 Å². The molecular formula is C35H58ClN5O3Si2. The Morgan fingerprint density at radius 3 is 2.17 bits per heavy atom. The highest BCUT2D eigenvalue weighted by Crippen LogP contribution is 2.43. The number of hydrogen-bond donors (Lipinski definition) is 1. The van der Waals surface area contributed by atoms with Gasteiger partial charge in [0.15, 0.2) is 16.6 Å². The van der Waals surface area contributed by atoms with Crippen LogP contribution in [0.3, 0.4) is 0 Å². The van der Waals surface area contributed by atoms with Crippen molar-refractivity contribution in [3.8, 4) is 0 Å². The van der Waals surface area contributed by atoms with Crippen LogP contribution in [0.2, 0.25) is 39.8 Å². The Hall–Kier alpha value is -1.99. The van der Waals surface area contributed by atoms with Gasteiger partial charge in [0, 0.05) is 23.9 Å². The van der Waals surface area contributed by atoms with Gasteiger partial charge in [-0.15, -0.1) is 0 Å². The fourth-order valence-corrected chi connectivity index (χ4v) is 14.4. The molecule has 1 N–H and O–H groups in total. The van der Waals surface area contributed by atoms with E-state index in [1.807, 2.05) is 30.5 Å². The second-order valence-corrected chi connectivity index (χ2v) is 26.3. The van der Waals surface area contributed by atoms with E-state index in [-0.39, 0.29) is 17.1 Å². The number of carbonyl (C=O) groups is 1. The predicted molar refractivity (Wildman–Crippen MR) is 197 cm³/mol. The maximum atomic E-state index is 14.2. The van der Waals surface area contributed by atoms with Crippen LogP contribution >= 0.6 is 11.6 Å². The first kappa shape index (κ1) is 36.8. The molecule has 1 aliphatic carbocycles. The highest BCUT2D eigenvalue weighted by Gasteiger charge is 2.45. The molecule has 0 radical (unpaired) electrons. The molecule has 0 saturated heterocycles. The zero-order valence-electron chi connectivity index (χ0n) is 30.1. The van der Waals surface area contributed by atoms with Crippen LogP contribution in [0.25, 0.3) is 0 Å². The maximum absolute atomic E-state index is 14.2. The van der Waals surface area contributed by atoms with Gasteiger partial charge in [-0.05, 0) is 72.6 Å². The minimum atomic E-state index is -2.11. The van der Waals surface area contributed by atoms with Crippen molar-refractivity contribution in [2.24, 2.45) is 0 Å². The van der Waals surface area contributed by atoms with Gasteiger partial charge < -0.3 is 14.2 Å². The van der Waals surface area contributed by atoms with Crippen molar-refractivity contribution in [2.45, 2.75) is 141 Å². The first-order chi connectivity index (χ1) is 21.5. The van der Waals surface area contributed by atoms with E-state index in [1.165, 1.54) is 0 Å². The Morgan fingerprint density at radius 2 is 1.61 bits per heavy atom. The third-order valence-corrected chi connectivity index (χ3v) is 21.7. The lowest BCUT2D eigenvalue weighted by molar-refractivity contribution is 0.133. The van der Waals surface area contributed by atoms with E-state index in [2.05, 4.69) is 80.7 Å². The molecule has 2 aliphatic rings. The zero-order valence-corrected chi connectivity index (χ0v) is 32.9. The van der Waals surface area contributed by atoms with Crippen LogP contribution in [-0.4, -0.2) is 57.9 Å². The number of nitrogens with zero attached hydrogens (tertiary/aromatic N) is 4. The van der Waals surface area contributed by atoms with Crippen molar-refractivity contribution in [1.82, 2.24) is 9.97 Å². The number of hydrogen-bond acceptors (Lipinski definition) is 6. The number of halogens is 1. The lowest BCUT2D eigenvalue weighted by atomic mass is 9.93. The lowest BCUT2D eigenvalue weighted by Gasteiger charge is -2.43. The highest BCUT2D eigenvalue weighted by atomic mass is 35.5. The fraction of sp³-hybridized carbons (Fsp3) is 0.686. The van der Waals surface area contributed by atoms with Crippen molar-refractivity contribution in [1.29, 1.82) is 0 Å². The van der Waals surface area contributed by atoms with Crippen molar-refractivity contribution >= 4 is 51.7 Å². The summed E-state index contributed by atoms with van der Waals surface area (Å²) in [5.74, 6) is 1.21. The number of anilines is 3. The largest absolute Gasteiger partial charge is 0.414 e. The Balaban J connectivity index is 1.54. The molecule has 1 saturated carbocycles. The van der Waals surface area contributed by atoms with E-state index in [9.17, 15) is 4.79 Å². The molecule has 0 bridgehead atoms. The molecule has 1 fully saturated rings. The van der Waals surface area contributed by atoms with Crippen LogP contribution in [0.4, 0.5) is 22.2 Å². The Bertz CT molecular complexity index is 1320. The molecule has 0 spiro atoms. The molecule has 46 heavy (non-hydrogen) atoms. The second kappa shape index (κ2) is 14.6. The minimum absolute atomic E-state index is 0.150. The molecular weight excluding hydrogens is 630 g/mol. The third-order valence-electron chi connectivity index (χ3n) is 10.7. The van der Waals surface area contributed by atoms with Gasteiger partial charge in [0.2, 0.25) is 5.95 Å². The van der Waals surface area contributed by atoms with Gasteiger partial charge in [-0.25, -0.2) is 9.78 Å². The van der Waals surface area contributed by atoms with E-state index < -0.39 is 16.6 Å². The van der Waals surface area contributed by atoms with E-state index in [0.29, 0.717) is 64.9 Å². The molecule has 1 aromatic carbocycles. The summed E-state index contributed by atoms with van der Waals surface area (Å²) >= 11 is 6.59. The van der Waals surface area contributed by atoms with Crippen molar-refractivity contribution in [2.75, 3.05) is 28.3 Å². The predicted octanol–water partition coefficient (Wildman–Crippen LogP) is 10.0. The minimum Gasteiger partial charge on any atom is -0.414 e. The molecule has 2 aromatic rings. The summed E-state index contributed by atoms with van der Waals surface area (Å²) in [6.45, 7) is 26.5. The van der Waals surface area contributed by atoms with Gasteiger partial charge in [-0.2, -0.15) is 4.98 Å². The maximum Gasteiger partial charge on any atom is 0.330 e. The molecule has 11 heteroatoms. The van der Waals surface area contributed by atoms with Gasteiger partial charge in [-0.3, -0.25) is 9.80 Å². The number of nitrogens with one attached hydrogen (secondary N) is 1. The number of fused-ring (bicyclic) bond motifs is 1. The number of rotatable bonds is 12. The van der Waals surface area contributed by atoms with Gasteiger partial charge in [0.1, 0.15) is 5.82 Å². The number of amides is 2. The third kappa shape index (κ3) is 7.83. The normalized spacial score (nSPS) is 19.8. The first-order valence-corrected chi connectivity index (χ1v) is 22.7. The molecule has 0 atom stereocenters. The van der Waals surface area contributed by atoms with Crippen molar-refractivity contribution < 1.29 is 13.6 Å². The molecule has 1 aromatic heterocycles. The van der Waals surface area contributed by atoms with Crippen molar-refractivity contribution in [3.05, 3.63) is 41.0 Å². The van der Waals surface area contributed by atoms with Crippen LogP contribution in [0, 0.1) is 0 Å². The second-order valence-electron chi connectivity index (χ2n) is 15.7. The first-order valence-electron chi connectivity index (χ1n) is 17.3. The lowest BCUT2D eigenvalue weighted by Crippen LogP contribution is -2.52. The monoisotopic (exact) mass is 687 g/mol. The van der Waals surface area contributed by atoms with Gasteiger partial charge in [0.25, 0.3) is 0 Å². The quantitative estimate of drug-likeness (QED) is 0.224. The van der Waals surface area contributed by atoms with Crippen LogP contribution < -0.4 is 15.1 Å². The molecule has 2 amide bonds. The van der Waals surface area contributed by atoms with Crippen molar-refractivity contribution in [3.63, 3.8) is 0 Å². The molecule has 4 rings (SSSR count). The van der Waals surface area contributed by atoms with Gasteiger partial charge >= 0.3 is 6.03 Å². The highest BCUT2D eigenvalue weighted by molar-refractivity contribution is 6.77. The number of benzene rings is 1. The summed E-state index contributed by atoms with van der Waals surface area (Å²) in [4.78, 5) is 27.4. The van der Waals surface area contributed by atoms with Crippen LogP contribution in [0.15, 0.2) is 30.5 Å². The summed E-state index contributed by atoms with van der Waals surface area (Å²) < 4.78 is 13.6. The summed E-state index contributed by atoms with van der Waals surface area (Å²) in [5, 5.41) is 4.33. The SMILES string of the molecule is CC(C)[Si](OCCN1C(=O)N(c2ccccc2Cl)Cc2cnc(N[C@H]3CC[C@H](O[Si](C)(C)C(C)(C)C)CC3)nc21)(C(C)C)C(C)C. The van der Waals surface area contributed by atoms with Crippen LogP contribution in [0.1, 0.15) is 93.6 Å². The van der Waals surface area contributed by atoms with Gasteiger partial charge in [-0.1, -0.05) is 86.0 Å². The molecule has 8 nitrogen and oxygen atoms in total. The van der Waals surface area contributed by atoms with E-state index >= 15 is 0 Å². The Morgan fingerprint density at radius 1 is 1.00 bits per heavy atom. The summed E-state index contributed by atoms with van der Waals surface area (Å²) in [7, 11) is -3.91. The van der Waals surface area contributed by atoms with E-state index in [4.69, 9.17) is 30.4 Å². The number of carbonyl (C=O) groups excluding carboxylic acids is 1. The molecule has 1 aliphatic heterocycles. The van der Waals surface area contributed by atoms with E-state index in [1.54, 1.807) is 9.80 Å². The van der Waals surface area contributed by atoms with Crippen LogP contribution in [-0.2, 0) is 15.4 Å². The number of aromatic nitrogens is 2. The molecule has 0 unspecified atom stereocenters. The number of para-hydroxylation sites is 1. The summed E-state index contributed by atoms with van der Waals surface area (Å²) in [5.41, 5.74) is 2.93. The average Bonchev–Trinajstić information content (AvgIpc) is 2.96. The van der Waals surface area contributed by atoms with Crippen LogP contribution in [0.5, 0.6) is 0 Å². The zero-order chi connectivity index (χ0) is 34.0. The number of urea groups is 1. The summed E-state index contributed by atoms with van der Waals surface area (Å²) in [6.07, 6.45) is 6.22. The smallest absolute Gasteiger partial charge is 0.330 e. The Kier molecular flexibility index (Phi) is 11.7. The van der Waals surface area contributed by atoms with Gasteiger partial charge in [0.05, 0.1) is 30.4 Å². The standard InChI is InChI=1S/C35H58ClN5O3Si2/c1-24(2)46(25(3)4,26(5)6)43-21-20-40-32-27(23-41(34(40)42)31-15-13-12-14-30(31)36)22-37-33(39-32)38-28-16-18-29(19-17-28)44-45(10,11)35(7,8)9/h12-15,22,24-26,28-29H,16-21,23H2,1-11H3,(H,37,38,39)/t28-,29-. The summed E-state index contributed by atoms with van der Waals surface area (Å²) in [6, 6.07) is 7.60. The molecule has 256 valence electrons. The Labute approximate surface area is 285 Å². The fourth-order valence-electron chi connectivity index (χ4n) is 7.26. The average molecular weight is 689 g/mol. The molecule has 2 heterocycles.